The molecule has 0 saturated heterocycles. The molecule has 6 heteroatoms. The van der Waals surface area contributed by atoms with E-state index in [9.17, 15) is 13.9 Å². The molecule has 1 unspecified atom stereocenters. The molecule has 19 heavy (non-hydrogen) atoms. The maximum atomic E-state index is 13.5. The van der Waals surface area contributed by atoms with E-state index in [-0.39, 0.29) is 23.3 Å². The van der Waals surface area contributed by atoms with Gasteiger partial charge in [0.05, 0.1) is 18.4 Å². The average molecular weight is 338 g/mol. The quantitative estimate of drug-likeness (QED) is 0.802. The zero-order chi connectivity index (χ0) is 14.4. The molecular weight excluding hydrogens is 320 g/mol. The molecular formula is C13H18BrF2NO2. The first kappa shape index (κ1) is 16.3. The van der Waals surface area contributed by atoms with Crippen molar-refractivity contribution in [2.75, 3.05) is 25.1 Å². The van der Waals surface area contributed by atoms with E-state index in [1.54, 1.807) is 0 Å². The van der Waals surface area contributed by atoms with Crippen LogP contribution in [0.4, 0.5) is 14.5 Å². The zero-order valence-electron chi connectivity index (χ0n) is 10.9. The summed E-state index contributed by atoms with van der Waals surface area (Å²) in [6.45, 7) is 4.88. The number of rotatable bonds is 7. The summed E-state index contributed by atoms with van der Waals surface area (Å²) >= 11 is 3.06. The fourth-order valence-corrected chi connectivity index (χ4v) is 1.98. The molecule has 0 saturated carbocycles. The van der Waals surface area contributed by atoms with Crippen LogP contribution in [0.15, 0.2) is 16.6 Å². The van der Waals surface area contributed by atoms with Crippen LogP contribution in [0.1, 0.15) is 13.8 Å². The molecule has 2 N–H and O–H groups in total. The molecule has 0 amide bonds. The van der Waals surface area contributed by atoms with Gasteiger partial charge in [0, 0.05) is 23.7 Å². The minimum Gasteiger partial charge on any atom is -0.389 e. The Bertz CT molecular complexity index is 393. The van der Waals surface area contributed by atoms with Gasteiger partial charge in [0.15, 0.2) is 0 Å². The van der Waals surface area contributed by atoms with Gasteiger partial charge >= 0.3 is 0 Å². The Morgan fingerprint density at radius 2 is 2.00 bits per heavy atom. The van der Waals surface area contributed by atoms with E-state index >= 15 is 0 Å². The fraction of sp³-hybridized carbons (Fsp3) is 0.538. The van der Waals surface area contributed by atoms with Gasteiger partial charge in [-0.3, -0.25) is 0 Å². The molecule has 1 aromatic rings. The van der Waals surface area contributed by atoms with Crippen LogP contribution in [-0.2, 0) is 4.74 Å². The Morgan fingerprint density at radius 3 is 2.58 bits per heavy atom. The van der Waals surface area contributed by atoms with E-state index in [1.807, 2.05) is 13.8 Å². The van der Waals surface area contributed by atoms with E-state index in [0.717, 1.165) is 12.1 Å². The Kier molecular flexibility index (Phi) is 6.68. The lowest BCUT2D eigenvalue weighted by Crippen LogP contribution is -2.26. The molecule has 0 fully saturated rings. The van der Waals surface area contributed by atoms with Crippen LogP contribution in [0, 0.1) is 17.6 Å². The number of halogens is 3. The van der Waals surface area contributed by atoms with Crippen molar-refractivity contribution in [1.29, 1.82) is 0 Å². The van der Waals surface area contributed by atoms with Gasteiger partial charge < -0.3 is 15.2 Å². The van der Waals surface area contributed by atoms with Crippen molar-refractivity contribution < 1.29 is 18.6 Å². The van der Waals surface area contributed by atoms with Gasteiger partial charge in [-0.2, -0.15) is 0 Å². The molecule has 0 aliphatic heterocycles. The van der Waals surface area contributed by atoms with Crippen LogP contribution in [0.3, 0.4) is 0 Å². The number of aliphatic hydroxyl groups is 1. The Balaban J connectivity index is 2.44. The van der Waals surface area contributed by atoms with Crippen molar-refractivity contribution in [1.82, 2.24) is 0 Å². The van der Waals surface area contributed by atoms with E-state index < -0.39 is 17.7 Å². The first-order valence-electron chi connectivity index (χ1n) is 6.04. The first-order chi connectivity index (χ1) is 8.90. The predicted molar refractivity (Wildman–Crippen MR) is 74.2 cm³/mol. The molecule has 0 heterocycles. The van der Waals surface area contributed by atoms with Gasteiger partial charge in [0.25, 0.3) is 0 Å². The Labute approximate surface area is 120 Å². The molecule has 0 radical (unpaired) electrons. The van der Waals surface area contributed by atoms with E-state index in [0.29, 0.717) is 12.5 Å². The maximum Gasteiger partial charge on any atom is 0.150 e. The number of hydrogen-bond acceptors (Lipinski definition) is 3. The number of nitrogens with one attached hydrogen (secondary N) is 1. The molecule has 1 aromatic carbocycles. The number of anilines is 1. The summed E-state index contributed by atoms with van der Waals surface area (Å²) in [6, 6.07) is 1.95. The van der Waals surface area contributed by atoms with Gasteiger partial charge in [0.2, 0.25) is 0 Å². The zero-order valence-corrected chi connectivity index (χ0v) is 12.5. The summed E-state index contributed by atoms with van der Waals surface area (Å²) < 4.78 is 31.9. The summed E-state index contributed by atoms with van der Waals surface area (Å²) in [5.41, 5.74) is 0.129. The van der Waals surface area contributed by atoms with Crippen molar-refractivity contribution in [3.05, 3.63) is 28.2 Å². The molecule has 108 valence electrons. The van der Waals surface area contributed by atoms with E-state index in [2.05, 4.69) is 21.2 Å². The molecule has 0 aliphatic rings. The summed E-state index contributed by atoms with van der Waals surface area (Å²) in [4.78, 5) is 0. The highest BCUT2D eigenvalue weighted by atomic mass is 79.9. The third-order valence-electron chi connectivity index (χ3n) is 2.28. The number of benzene rings is 1. The standard InChI is InChI=1S/C13H18BrF2NO2/c1-8(2)6-19-7-10(18)5-17-13-11(14)3-9(15)4-12(13)16/h3-4,8,10,17-18H,5-7H2,1-2H3. The van der Waals surface area contributed by atoms with Crippen LogP contribution in [0.5, 0.6) is 0 Å². The summed E-state index contributed by atoms with van der Waals surface area (Å²) in [7, 11) is 0. The topological polar surface area (TPSA) is 41.5 Å². The summed E-state index contributed by atoms with van der Waals surface area (Å²) in [6.07, 6.45) is -0.755. The highest BCUT2D eigenvalue weighted by molar-refractivity contribution is 9.10. The molecule has 0 aromatic heterocycles. The van der Waals surface area contributed by atoms with E-state index in [1.165, 1.54) is 0 Å². The summed E-state index contributed by atoms with van der Waals surface area (Å²) in [5, 5.41) is 12.4. The molecule has 0 spiro atoms. The molecule has 0 bridgehead atoms. The van der Waals surface area contributed by atoms with Gasteiger partial charge in [-0.05, 0) is 27.9 Å². The van der Waals surface area contributed by atoms with Crippen LogP contribution >= 0.6 is 15.9 Å². The second kappa shape index (κ2) is 7.77. The van der Waals surface area contributed by atoms with Gasteiger partial charge in [0.1, 0.15) is 11.6 Å². The summed E-state index contributed by atoms with van der Waals surface area (Å²) in [5.74, 6) is -0.971. The lowest BCUT2D eigenvalue weighted by atomic mass is 10.2. The number of aliphatic hydroxyl groups excluding tert-OH is 1. The highest BCUT2D eigenvalue weighted by Crippen LogP contribution is 2.26. The molecule has 1 atom stereocenters. The first-order valence-corrected chi connectivity index (χ1v) is 6.83. The molecule has 0 aliphatic carbocycles. The van der Waals surface area contributed by atoms with Gasteiger partial charge in [-0.25, -0.2) is 8.78 Å². The smallest absolute Gasteiger partial charge is 0.150 e. The minimum absolute atomic E-state index is 0.124. The second-order valence-corrected chi connectivity index (χ2v) is 5.56. The molecule has 3 nitrogen and oxygen atoms in total. The lowest BCUT2D eigenvalue weighted by molar-refractivity contribution is 0.0317. The van der Waals surface area contributed by atoms with Crippen molar-refractivity contribution in [2.24, 2.45) is 5.92 Å². The van der Waals surface area contributed by atoms with Gasteiger partial charge in [-0.1, -0.05) is 13.8 Å². The Morgan fingerprint density at radius 1 is 1.32 bits per heavy atom. The molecule has 1 rings (SSSR count). The minimum atomic E-state index is -0.755. The van der Waals surface area contributed by atoms with Gasteiger partial charge in [-0.15, -0.1) is 0 Å². The third kappa shape index (κ3) is 5.84. The monoisotopic (exact) mass is 337 g/mol. The lowest BCUT2D eigenvalue weighted by Gasteiger charge is -2.15. The largest absolute Gasteiger partial charge is 0.389 e. The van der Waals surface area contributed by atoms with Crippen molar-refractivity contribution in [3.8, 4) is 0 Å². The van der Waals surface area contributed by atoms with Crippen molar-refractivity contribution in [2.45, 2.75) is 20.0 Å². The van der Waals surface area contributed by atoms with Crippen LogP contribution in [0.2, 0.25) is 0 Å². The van der Waals surface area contributed by atoms with Crippen LogP contribution in [0.25, 0.3) is 0 Å². The number of ether oxygens (including phenoxy) is 1. The second-order valence-electron chi connectivity index (χ2n) is 4.71. The third-order valence-corrected chi connectivity index (χ3v) is 2.91. The number of hydrogen-bond donors (Lipinski definition) is 2. The maximum absolute atomic E-state index is 13.5. The Hall–Kier alpha value is -0.720. The SMILES string of the molecule is CC(C)COCC(O)CNc1c(F)cc(F)cc1Br. The van der Waals surface area contributed by atoms with Crippen LogP contribution in [-0.4, -0.2) is 31.0 Å². The van der Waals surface area contributed by atoms with Crippen LogP contribution < -0.4 is 5.32 Å². The average Bonchev–Trinajstić information content (AvgIpc) is 2.26. The van der Waals surface area contributed by atoms with Crippen molar-refractivity contribution >= 4 is 21.6 Å². The normalized spacial score (nSPS) is 12.8. The van der Waals surface area contributed by atoms with Crippen molar-refractivity contribution in [3.63, 3.8) is 0 Å². The van der Waals surface area contributed by atoms with E-state index in [4.69, 9.17) is 4.74 Å². The fourth-order valence-electron chi connectivity index (χ4n) is 1.43. The highest BCUT2D eigenvalue weighted by Gasteiger charge is 2.11. The predicted octanol–water partition coefficient (Wildman–Crippen LogP) is 3.17.